The van der Waals surface area contributed by atoms with Gasteiger partial charge in [0.15, 0.2) is 0 Å². The van der Waals surface area contributed by atoms with Gasteiger partial charge in [-0.15, -0.1) is 0 Å². The highest BCUT2D eigenvalue weighted by Crippen LogP contribution is 1.86. The van der Waals surface area contributed by atoms with Crippen molar-refractivity contribution >= 4 is 6.03 Å². The van der Waals surface area contributed by atoms with E-state index in [9.17, 15) is 4.79 Å². The summed E-state index contributed by atoms with van der Waals surface area (Å²) in [6, 6.07) is -0.417. The van der Waals surface area contributed by atoms with Gasteiger partial charge in [0.2, 0.25) is 0 Å². The highest BCUT2D eigenvalue weighted by Gasteiger charge is 2.04. The predicted molar refractivity (Wildman–Crippen MR) is 43.0 cm³/mol. The number of likely N-dealkylation sites (N-methyl/N-ethyl adjacent to an activating group) is 1. The number of urea groups is 1. The lowest BCUT2D eigenvalue weighted by Crippen LogP contribution is -2.37. The van der Waals surface area contributed by atoms with Crippen molar-refractivity contribution < 1.29 is 9.53 Å². The van der Waals surface area contributed by atoms with Crippen molar-refractivity contribution in [3.8, 4) is 0 Å². The van der Waals surface area contributed by atoms with Crippen molar-refractivity contribution in [2.45, 2.75) is 6.92 Å². The number of carbonyl (C=O) groups excluding carboxylic acids is 1. The van der Waals surface area contributed by atoms with Gasteiger partial charge in [-0.2, -0.15) is 0 Å². The van der Waals surface area contributed by atoms with Crippen LogP contribution in [0.5, 0.6) is 0 Å². The molecule has 0 fully saturated rings. The summed E-state index contributed by atoms with van der Waals surface area (Å²) in [7, 11) is 0. The maximum atomic E-state index is 10.6. The first-order valence-electron chi connectivity index (χ1n) is 3.49. The molecule has 0 saturated carbocycles. The SMILES string of the molecule is C=COCCN(CC)C(N)=O. The number of ether oxygens (including phenoxy) is 1. The third-order valence-electron chi connectivity index (χ3n) is 1.29. The van der Waals surface area contributed by atoms with Gasteiger partial charge in [-0.05, 0) is 6.92 Å². The highest BCUT2D eigenvalue weighted by atomic mass is 16.5. The molecule has 0 aromatic heterocycles. The van der Waals surface area contributed by atoms with Gasteiger partial charge in [0, 0.05) is 6.54 Å². The van der Waals surface area contributed by atoms with Crippen LogP contribution in [-0.4, -0.2) is 30.6 Å². The number of hydrogen-bond donors (Lipinski definition) is 1. The van der Waals surface area contributed by atoms with Crippen LogP contribution in [0.3, 0.4) is 0 Å². The number of rotatable bonds is 5. The summed E-state index contributed by atoms with van der Waals surface area (Å²) < 4.78 is 4.83. The normalized spacial score (nSPS) is 8.82. The fraction of sp³-hybridized carbons (Fsp3) is 0.571. The molecule has 4 heteroatoms. The zero-order valence-corrected chi connectivity index (χ0v) is 6.75. The second-order valence-electron chi connectivity index (χ2n) is 1.96. The molecule has 2 amide bonds. The lowest BCUT2D eigenvalue weighted by molar-refractivity contribution is 0.179. The Kier molecular flexibility index (Phi) is 4.98. The zero-order valence-electron chi connectivity index (χ0n) is 6.75. The molecule has 0 radical (unpaired) electrons. The summed E-state index contributed by atoms with van der Waals surface area (Å²) in [5.74, 6) is 0. The first kappa shape index (κ1) is 9.81. The quantitative estimate of drug-likeness (QED) is 0.469. The number of amides is 2. The van der Waals surface area contributed by atoms with Crippen LogP contribution in [0.25, 0.3) is 0 Å². The van der Waals surface area contributed by atoms with Crippen molar-refractivity contribution in [3.63, 3.8) is 0 Å². The molecular weight excluding hydrogens is 144 g/mol. The number of primary amides is 1. The van der Waals surface area contributed by atoms with E-state index in [0.29, 0.717) is 19.7 Å². The molecule has 11 heavy (non-hydrogen) atoms. The first-order chi connectivity index (χ1) is 5.22. The van der Waals surface area contributed by atoms with E-state index in [1.807, 2.05) is 6.92 Å². The molecule has 0 aliphatic carbocycles. The molecule has 0 bridgehead atoms. The van der Waals surface area contributed by atoms with Crippen LogP contribution in [0.1, 0.15) is 6.92 Å². The average molecular weight is 158 g/mol. The van der Waals surface area contributed by atoms with Gasteiger partial charge in [0.25, 0.3) is 0 Å². The molecular formula is C7H14N2O2. The van der Waals surface area contributed by atoms with E-state index in [4.69, 9.17) is 10.5 Å². The van der Waals surface area contributed by atoms with Gasteiger partial charge < -0.3 is 15.4 Å². The Labute approximate surface area is 66.6 Å². The smallest absolute Gasteiger partial charge is 0.314 e. The van der Waals surface area contributed by atoms with Gasteiger partial charge in [-0.1, -0.05) is 6.58 Å². The predicted octanol–water partition coefficient (Wildman–Crippen LogP) is 0.547. The summed E-state index contributed by atoms with van der Waals surface area (Å²) in [6.45, 7) is 6.79. The molecule has 0 spiro atoms. The van der Waals surface area contributed by atoms with Gasteiger partial charge >= 0.3 is 6.03 Å². The van der Waals surface area contributed by atoms with Gasteiger partial charge in [0.05, 0.1) is 12.8 Å². The molecule has 64 valence electrons. The molecule has 0 aliphatic rings. The van der Waals surface area contributed by atoms with Crippen LogP contribution in [-0.2, 0) is 4.74 Å². The van der Waals surface area contributed by atoms with Crippen molar-refractivity contribution in [2.75, 3.05) is 19.7 Å². The van der Waals surface area contributed by atoms with E-state index in [1.54, 1.807) is 0 Å². The Bertz CT molecular complexity index is 136. The summed E-state index contributed by atoms with van der Waals surface area (Å²) in [5, 5.41) is 0. The van der Waals surface area contributed by atoms with Crippen molar-refractivity contribution in [2.24, 2.45) is 5.73 Å². The summed E-state index contributed by atoms with van der Waals surface area (Å²) >= 11 is 0. The molecule has 0 aliphatic heterocycles. The number of carbonyl (C=O) groups is 1. The van der Waals surface area contributed by atoms with E-state index >= 15 is 0 Å². The Balaban J connectivity index is 3.52. The molecule has 2 N–H and O–H groups in total. The standard InChI is InChI=1S/C7H14N2O2/c1-3-9(7(8)10)5-6-11-4-2/h4H,2-3,5-6H2,1H3,(H2,8,10). The molecule has 0 aromatic rings. The maximum Gasteiger partial charge on any atom is 0.314 e. The number of hydrogen-bond acceptors (Lipinski definition) is 2. The molecule has 0 heterocycles. The minimum atomic E-state index is -0.417. The minimum absolute atomic E-state index is 0.417. The Hall–Kier alpha value is -1.19. The van der Waals surface area contributed by atoms with Gasteiger partial charge in [0.1, 0.15) is 6.61 Å². The van der Waals surface area contributed by atoms with Crippen molar-refractivity contribution in [3.05, 3.63) is 12.8 Å². The lowest BCUT2D eigenvalue weighted by atomic mass is 10.5. The third-order valence-corrected chi connectivity index (χ3v) is 1.29. The highest BCUT2D eigenvalue weighted by molar-refractivity contribution is 5.71. The van der Waals surface area contributed by atoms with E-state index in [2.05, 4.69) is 6.58 Å². The molecule has 0 aromatic carbocycles. The lowest BCUT2D eigenvalue weighted by Gasteiger charge is -2.16. The Morgan fingerprint density at radius 2 is 2.45 bits per heavy atom. The summed E-state index contributed by atoms with van der Waals surface area (Å²) in [6.07, 6.45) is 1.34. The molecule has 0 atom stereocenters. The van der Waals surface area contributed by atoms with E-state index in [1.165, 1.54) is 11.2 Å². The molecule has 0 saturated heterocycles. The fourth-order valence-corrected chi connectivity index (χ4v) is 0.670. The zero-order chi connectivity index (χ0) is 8.69. The van der Waals surface area contributed by atoms with Crippen molar-refractivity contribution in [1.82, 2.24) is 4.90 Å². The van der Waals surface area contributed by atoms with Crippen LogP contribution in [0, 0.1) is 0 Å². The van der Waals surface area contributed by atoms with Gasteiger partial charge in [-0.3, -0.25) is 0 Å². The topological polar surface area (TPSA) is 55.6 Å². The van der Waals surface area contributed by atoms with E-state index in [0.717, 1.165) is 0 Å². The minimum Gasteiger partial charge on any atom is -0.500 e. The summed E-state index contributed by atoms with van der Waals surface area (Å²) in [4.78, 5) is 12.1. The molecule has 0 rings (SSSR count). The van der Waals surface area contributed by atoms with Crippen LogP contribution < -0.4 is 5.73 Å². The van der Waals surface area contributed by atoms with Crippen LogP contribution >= 0.6 is 0 Å². The van der Waals surface area contributed by atoms with Crippen LogP contribution in [0.15, 0.2) is 12.8 Å². The largest absolute Gasteiger partial charge is 0.500 e. The van der Waals surface area contributed by atoms with Crippen molar-refractivity contribution in [1.29, 1.82) is 0 Å². The van der Waals surface area contributed by atoms with Crippen LogP contribution in [0.4, 0.5) is 4.79 Å². The fourth-order valence-electron chi connectivity index (χ4n) is 0.670. The number of nitrogens with zero attached hydrogens (tertiary/aromatic N) is 1. The van der Waals surface area contributed by atoms with Crippen LogP contribution in [0.2, 0.25) is 0 Å². The second kappa shape index (κ2) is 5.58. The average Bonchev–Trinajstić information content (AvgIpc) is 1.97. The third kappa shape index (κ3) is 4.25. The number of nitrogens with two attached hydrogens (primary N) is 1. The Morgan fingerprint density at radius 3 is 2.82 bits per heavy atom. The van der Waals surface area contributed by atoms with E-state index in [-0.39, 0.29) is 0 Å². The van der Waals surface area contributed by atoms with Gasteiger partial charge in [-0.25, -0.2) is 4.79 Å². The second-order valence-corrected chi connectivity index (χ2v) is 1.96. The summed E-state index contributed by atoms with van der Waals surface area (Å²) in [5.41, 5.74) is 5.04. The maximum absolute atomic E-state index is 10.6. The molecule has 4 nitrogen and oxygen atoms in total. The molecule has 0 unspecified atom stereocenters. The monoisotopic (exact) mass is 158 g/mol. The first-order valence-corrected chi connectivity index (χ1v) is 3.49. The van der Waals surface area contributed by atoms with E-state index < -0.39 is 6.03 Å². The Morgan fingerprint density at radius 1 is 1.82 bits per heavy atom.